The minimum absolute atomic E-state index is 0.0561. The molecule has 0 bridgehead atoms. The number of carbonyl (C=O) groups excluding carboxylic acids is 6. The predicted octanol–water partition coefficient (Wildman–Crippen LogP) is 1.68. The second kappa shape index (κ2) is 21.6. The van der Waals surface area contributed by atoms with Gasteiger partial charge < -0.3 is 71.4 Å². The first-order valence-corrected chi connectivity index (χ1v) is 20.4. The van der Waals surface area contributed by atoms with Crippen LogP contribution in [0.3, 0.4) is 0 Å². The Morgan fingerprint density at radius 2 is 1.02 bits per heavy atom. The molecule has 354 valence electrons. The first-order chi connectivity index (χ1) is 30.9. The molecule has 65 heavy (non-hydrogen) atoms. The Labute approximate surface area is 371 Å². The summed E-state index contributed by atoms with van der Waals surface area (Å²) in [6, 6.07) is 16.9. The van der Waals surface area contributed by atoms with Crippen molar-refractivity contribution < 1.29 is 105 Å². The number of fused-ring (bicyclic) bond motifs is 1. The number of carboxylic acids is 1. The summed E-state index contributed by atoms with van der Waals surface area (Å²) in [4.78, 5) is 89.1. The summed E-state index contributed by atoms with van der Waals surface area (Å²) in [6.45, 7) is 6.40. The van der Waals surface area contributed by atoms with E-state index in [4.69, 9.17) is 66.3 Å². The summed E-state index contributed by atoms with van der Waals surface area (Å²) >= 11 is 0. The van der Waals surface area contributed by atoms with Crippen molar-refractivity contribution in [1.29, 1.82) is 0 Å². The first kappa shape index (κ1) is 48.9. The molecule has 4 fully saturated rings. The first-order valence-electron chi connectivity index (χ1n) is 20.4. The van der Waals surface area contributed by atoms with Gasteiger partial charge in [0, 0.05) is 47.3 Å². The van der Waals surface area contributed by atoms with Gasteiger partial charge in [-0.3, -0.25) is 24.0 Å². The summed E-state index contributed by atoms with van der Waals surface area (Å²) in [5.74, 6) is -7.30. The van der Waals surface area contributed by atoms with E-state index in [2.05, 4.69) is 0 Å². The minimum atomic E-state index is -2.09. The van der Waals surface area contributed by atoms with Gasteiger partial charge in [-0.15, -0.1) is 0 Å². The highest BCUT2D eigenvalue weighted by Crippen LogP contribution is 2.40. The smallest absolute Gasteiger partial charge is 0.338 e. The van der Waals surface area contributed by atoms with Crippen LogP contribution in [0.2, 0.25) is 0 Å². The number of methoxy groups -OCH3 is 1. The van der Waals surface area contributed by atoms with Crippen LogP contribution in [-0.2, 0) is 95.1 Å². The normalized spacial score (nSPS) is 34.4. The zero-order valence-electron chi connectivity index (χ0n) is 36.2. The highest BCUT2D eigenvalue weighted by molar-refractivity contribution is 5.89. The fraction of sp³-hybridized carbons (Fsp3) is 0.558. The van der Waals surface area contributed by atoms with Crippen molar-refractivity contribution in [2.75, 3.05) is 13.7 Å². The van der Waals surface area contributed by atoms with E-state index in [1.165, 1.54) is 26.2 Å². The highest BCUT2D eigenvalue weighted by atomic mass is 16.8. The van der Waals surface area contributed by atoms with Crippen LogP contribution in [-0.4, -0.2) is 153 Å². The molecule has 16 atom stereocenters. The maximum absolute atomic E-state index is 13.7. The topological polar surface area (TPSA) is 269 Å². The maximum atomic E-state index is 13.7. The van der Waals surface area contributed by atoms with Crippen LogP contribution in [0.5, 0.6) is 0 Å². The molecular formula is C43H50O22. The molecule has 0 radical (unpaired) electrons. The second-order valence-electron chi connectivity index (χ2n) is 15.2. The van der Waals surface area contributed by atoms with Crippen LogP contribution in [0.15, 0.2) is 60.7 Å². The van der Waals surface area contributed by atoms with E-state index in [0.717, 1.165) is 34.6 Å². The number of carbonyl (C=O) groups is 7. The molecule has 1 unspecified atom stereocenters. The van der Waals surface area contributed by atoms with Gasteiger partial charge in [-0.25, -0.2) is 9.59 Å². The summed E-state index contributed by atoms with van der Waals surface area (Å²) in [5, 5.41) is 10.2. The molecule has 2 aromatic carbocycles. The van der Waals surface area contributed by atoms with Gasteiger partial charge >= 0.3 is 41.8 Å². The van der Waals surface area contributed by atoms with Crippen LogP contribution in [0.4, 0.5) is 0 Å². The van der Waals surface area contributed by atoms with Crippen LogP contribution in [0.25, 0.3) is 0 Å². The molecule has 0 aromatic heterocycles. The Morgan fingerprint density at radius 1 is 0.538 bits per heavy atom. The Hall–Kier alpha value is -5.59. The fourth-order valence-corrected chi connectivity index (χ4v) is 7.87. The van der Waals surface area contributed by atoms with E-state index in [-0.39, 0.29) is 12.2 Å². The number of carboxylic acid groups (broad SMARTS) is 1. The van der Waals surface area contributed by atoms with Gasteiger partial charge in [0.1, 0.15) is 24.4 Å². The molecular weight excluding hydrogens is 868 g/mol. The quantitative estimate of drug-likeness (QED) is 0.209. The maximum Gasteiger partial charge on any atom is 0.338 e. The molecule has 0 saturated carbocycles. The average molecular weight is 919 g/mol. The zero-order valence-corrected chi connectivity index (χ0v) is 36.2. The highest BCUT2D eigenvalue weighted by Gasteiger charge is 2.60. The third-order valence-corrected chi connectivity index (χ3v) is 10.4. The van der Waals surface area contributed by atoms with Crippen molar-refractivity contribution >= 4 is 41.8 Å². The van der Waals surface area contributed by atoms with Gasteiger partial charge in [0.15, 0.2) is 67.9 Å². The van der Waals surface area contributed by atoms with Crippen molar-refractivity contribution in [3.8, 4) is 0 Å². The lowest BCUT2D eigenvalue weighted by atomic mass is 9.95. The Balaban J connectivity index is 1.39. The van der Waals surface area contributed by atoms with Gasteiger partial charge in [-0.1, -0.05) is 48.5 Å². The van der Waals surface area contributed by atoms with Crippen LogP contribution in [0, 0.1) is 0 Å². The standard InChI is InChI=1S/C43H50O22/c1-19-28(62-43-37(59-24(6)48)33(57-22(4)46)32(56-21(3)45)34(65-43)38(49)50)30(55-20(2)44)36(58-23(5)47)42(54-19)64-31-29-27(18-53-40(63-29)26-16-12-9-13-17-26)60-41(52-7)35(31)61-39(51)25-14-10-8-11-15-25/h8-17,19,27-37,40-43H,18H2,1-7H3,(H,49,50)/t19-,27+,28-,29+,30+,31-,32-,33-,34-,35+,36+,37+,40?,41-,42-,43+/m0/s1. The van der Waals surface area contributed by atoms with Crippen molar-refractivity contribution in [1.82, 2.24) is 0 Å². The second-order valence-corrected chi connectivity index (χ2v) is 15.2. The molecule has 0 amide bonds. The van der Waals surface area contributed by atoms with Crippen molar-refractivity contribution in [3.05, 3.63) is 71.8 Å². The molecule has 4 aliphatic rings. The Kier molecular flexibility index (Phi) is 16.2. The third-order valence-electron chi connectivity index (χ3n) is 10.4. The monoisotopic (exact) mass is 918 g/mol. The van der Waals surface area contributed by atoms with Crippen molar-refractivity contribution in [2.24, 2.45) is 0 Å². The zero-order chi connectivity index (χ0) is 47.1. The molecule has 4 saturated heterocycles. The number of hydrogen-bond acceptors (Lipinski definition) is 21. The van der Waals surface area contributed by atoms with Gasteiger partial charge in [0.2, 0.25) is 0 Å². The third kappa shape index (κ3) is 11.8. The number of benzene rings is 2. The van der Waals surface area contributed by atoms with Gasteiger partial charge in [-0.2, -0.15) is 0 Å². The van der Waals surface area contributed by atoms with E-state index < -0.39 is 140 Å². The molecule has 6 rings (SSSR count). The average Bonchev–Trinajstić information content (AvgIpc) is 3.25. The van der Waals surface area contributed by atoms with Crippen LogP contribution in [0.1, 0.15) is 63.8 Å². The van der Waals surface area contributed by atoms with Crippen LogP contribution >= 0.6 is 0 Å². The van der Waals surface area contributed by atoms with Crippen LogP contribution < -0.4 is 0 Å². The lowest BCUT2D eigenvalue weighted by molar-refractivity contribution is -0.395. The molecule has 22 nitrogen and oxygen atoms in total. The molecule has 1 N–H and O–H groups in total. The minimum Gasteiger partial charge on any atom is -0.479 e. The van der Waals surface area contributed by atoms with E-state index in [9.17, 15) is 38.7 Å². The number of aliphatic carboxylic acids is 1. The van der Waals surface area contributed by atoms with E-state index in [0.29, 0.717) is 5.56 Å². The summed E-state index contributed by atoms with van der Waals surface area (Å²) in [5.41, 5.74) is 0.801. The summed E-state index contributed by atoms with van der Waals surface area (Å²) in [7, 11) is 1.31. The molecule has 0 aliphatic carbocycles. The molecule has 2 aromatic rings. The van der Waals surface area contributed by atoms with E-state index in [1.807, 2.05) is 0 Å². The predicted molar refractivity (Wildman–Crippen MR) is 209 cm³/mol. The summed E-state index contributed by atoms with van der Waals surface area (Å²) < 4.78 is 83.1. The number of esters is 6. The van der Waals surface area contributed by atoms with Gasteiger partial charge in [0.05, 0.1) is 18.3 Å². The SMILES string of the molecule is CO[C@H]1O[C@@H]2COC(c3ccccc3)O[C@H]2[C@H](O[C@@H]2O[C@@H](C)[C@H](O[C@@H]3O[C@H](C(=O)O)[C@@H](OC(C)=O)[C@H](OC(C)=O)[C@H]3OC(C)=O)[C@@H](OC(C)=O)[C@H]2OC(C)=O)[C@H]1OC(=O)c1ccccc1. The van der Waals surface area contributed by atoms with Crippen molar-refractivity contribution in [2.45, 2.75) is 140 Å². The lowest BCUT2D eigenvalue weighted by Crippen LogP contribution is -2.68. The number of ether oxygens (including phenoxy) is 14. The Bertz CT molecular complexity index is 2010. The lowest BCUT2D eigenvalue weighted by Gasteiger charge is -2.51. The molecule has 4 heterocycles. The van der Waals surface area contributed by atoms with E-state index >= 15 is 0 Å². The van der Waals surface area contributed by atoms with Gasteiger partial charge in [0.25, 0.3) is 0 Å². The molecule has 4 aliphatic heterocycles. The summed E-state index contributed by atoms with van der Waals surface area (Å²) in [6.07, 6.45) is -24.7. The molecule has 0 spiro atoms. The van der Waals surface area contributed by atoms with Gasteiger partial charge in [-0.05, 0) is 19.1 Å². The molecule has 22 heteroatoms. The Morgan fingerprint density at radius 3 is 1.55 bits per heavy atom. The van der Waals surface area contributed by atoms with E-state index in [1.54, 1.807) is 48.5 Å². The largest absolute Gasteiger partial charge is 0.479 e. The number of hydrogen-bond donors (Lipinski definition) is 1. The fourth-order valence-electron chi connectivity index (χ4n) is 7.87. The number of rotatable bonds is 14. The van der Waals surface area contributed by atoms with Crippen molar-refractivity contribution in [3.63, 3.8) is 0 Å².